The Hall–Kier alpha value is -1.51. The first-order valence-corrected chi connectivity index (χ1v) is 6.52. The highest BCUT2D eigenvalue weighted by Gasteiger charge is 2.30. The average Bonchev–Trinajstić information content (AvgIpc) is 2.39. The van der Waals surface area contributed by atoms with Gasteiger partial charge in [0.2, 0.25) is 0 Å². The summed E-state index contributed by atoms with van der Waals surface area (Å²) in [4.78, 5) is 11.2. The molecular formula is C15H20O3. The molecule has 0 spiro atoms. The smallest absolute Gasteiger partial charge is 0.302 e. The monoisotopic (exact) mass is 248 g/mol. The summed E-state index contributed by atoms with van der Waals surface area (Å²) in [7, 11) is 1.68. The van der Waals surface area contributed by atoms with Crippen molar-refractivity contribution in [1.29, 1.82) is 0 Å². The Morgan fingerprint density at radius 3 is 2.67 bits per heavy atom. The molecular weight excluding hydrogens is 228 g/mol. The van der Waals surface area contributed by atoms with Crippen molar-refractivity contribution in [2.24, 2.45) is 0 Å². The third-order valence-corrected chi connectivity index (χ3v) is 3.56. The van der Waals surface area contributed by atoms with E-state index in [9.17, 15) is 4.79 Å². The largest absolute Gasteiger partial charge is 0.496 e. The van der Waals surface area contributed by atoms with E-state index in [2.05, 4.69) is 6.07 Å². The van der Waals surface area contributed by atoms with Crippen molar-refractivity contribution in [3.8, 4) is 5.75 Å². The van der Waals surface area contributed by atoms with Gasteiger partial charge in [-0.05, 0) is 25.3 Å². The minimum atomic E-state index is -0.193. The minimum absolute atomic E-state index is 0.00690. The summed E-state index contributed by atoms with van der Waals surface area (Å²) in [6, 6.07) is 8.02. The van der Waals surface area contributed by atoms with E-state index in [1.165, 1.54) is 13.3 Å². The van der Waals surface area contributed by atoms with Crippen LogP contribution >= 0.6 is 0 Å². The van der Waals surface area contributed by atoms with Gasteiger partial charge < -0.3 is 9.47 Å². The zero-order valence-corrected chi connectivity index (χ0v) is 11.0. The van der Waals surface area contributed by atoms with Crippen molar-refractivity contribution in [2.75, 3.05) is 7.11 Å². The molecule has 98 valence electrons. The zero-order chi connectivity index (χ0) is 13.0. The van der Waals surface area contributed by atoms with Crippen LogP contribution in [0.1, 0.15) is 44.1 Å². The van der Waals surface area contributed by atoms with Crippen molar-refractivity contribution in [1.82, 2.24) is 0 Å². The molecule has 0 aromatic heterocycles. The van der Waals surface area contributed by atoms with Crippen LogP contribution in [0.5, 0.6) is 5.75 Å². The average molecular weight is 248 g/mol. The van der Waals surface area contributed by atoms with Gasteiger partial charge in [-0.2, -0.15) is 0 Å². The SMILES string of the molecule is COc1ccccc1C1CCCCC1OC(C)=O. The zero-order valence-electron chi connectivity index (χ0n) is 11.0. The maximum atomic E-state index is 11.2. The van der Waals surface area contributed by atoms with Gasteiger partial charge in [-0.1, -0.05) is 24.6 Å². The van der Waals surface area contributed by atoms with E-state index in [0.717, 1.165) is 30.6 Å². The van der Waals surface area contributed by atoms with Crippen molar-refractivity contribution in [3.63, 3.8) is 0 Å². The minimum Gasteiger partial charge on any atom is -0.496 e. The number of methoxy groups -OCH3 is 1. The van der Waals surface area contributed by atoms with Gasteiger partial charge in [0.1, 0.15) is 11.9 Å². The lowest BCUT2D eigenvalue weighted by atomic mass is 9.81. The lowest BCUT2D eigenvalue weighted by molar-refractivity contribution is -0.148. The predicted octanol–water partition coefficient (Wildman–Crippen LogP) is 3.28. The third-order valence-electron chi connectivity index (χ3n) is 3.56. The van der Waals surface area contributed by atoms with Gasteiger partial charge in [-0.25, -0.2) is 0 Å². The number of hydrogen-bond donors (Lipinski definition) is 0. The van der Waals surface area contributed by atoms with E-state index in [-0.39, 0.29) is 18.0 Å². The highest BCUT2D eigenvalue weighted by atomic mass is 16.5. The Labute approximate surface area is 108 Å². The second-order valence-electron chi connectivity index (χ2n) is 4.78. The summed E-state index contributed by atoms with van der Waals surface area (Å²) < 4.78 is 10.9. The molecule has 1 aliphatic rings. The standard InChI is InChI=1S/C15H20O3/c1-11(16)18-15-10-6-4-8-13(15)12-7-3-5-9-14(12)17-2/h3,5,7,9,13,15H,4,6,8,10H2,1-2H3. The van der Waals surface area contributed by atoms with Crippen LogP contribution in [0.3, 0.4) is 0 Å². The molecule has 2 atom stereocenters. The number of carbonyl (C=O) groups is 1. The first-order valence-electron chi connectivity index (χ1n) is 6.52. The molecule has 0 radical (unpaired) electrons. The molecule has 0 heterocycles. The molecule has 18 heavy (non-hydrogen) atoms. The lowest BCUT2D eigenvalue weighted by Gasteiger charge is -2.31. The maximum Gasteiger partial charge on any atom is 0.302 e. The molecule has 0 saturated heterocycles. The van der Waals surface area contributed by atoms with Gasteiger partial charge in [0.15, 0.2) is 0 Å². The van der Waals surface area contributed by atoms with Crippen LogP contribution in [0.4, 0.5) is 0 Å². The molecule has 1 aromatic carbocycles. The molecule has 0 bridgehead atoms. The fourth-order valence-corrected chi connectivity index (χ4v) is 2.78. The van der Waals surface area contributed by atoms with Crippen LogP contribution in [0, 0.1) is 0 Å². The number of hydrogen-bond acceptors (Lipinski definition) is 3. The topological polar surface area (TPSA) is 35.5 Å². The van der Waals surface area contributed by atoms with E-state index in [0.29, 0.717) is 0 Å². The highest BCUT2D eigenvalue weighted by Crippen LogP contribution is 2.39. The summed E-state index contributed by atoms with van der Waals surface area (Å²) in [5.74, 6) is 0.960. The molecule has 3 nitrogen and oxygen atoms in total. The normalized spacial score (nSPS) is 23.4. The molecule has 1 aromatic rings. The summed E-state index contributed by atoms with van der Waals surface area (Å²) in [5, 5.41) is 0. The van der Waals surface area contributed by atoms with E-state index in [1.54, 1.807) is 7.11 Å². The van der Waals surface area contributed by atoms with Gasteiger partial charge in [0.05, 0.1) is 7.11 Å². The van der Waals surface area contributed by atoms with Crippen molar-refractivity contribution >= 4 is 5.97 Å². The molecule has 0 aliphatic heterocycles. The molecule has 1 aliphatic carbocycles. The maximum absolute atomic E-state index is 11.2. The molecule has 0 N–H and O–H groups in total. The van der Waals surface area contributed by atoms with E-state index < -0.39 is 0 Å². The highest BCUT2D eigenvalue weighted by molar-refractivity contribution is 5.66. The Balaban J connectivity index is 2.24. The number of ether oxygens (including phenoxy) is 2. The van der Waals surface area contributed by atoms with Gasteiger partial charge >= 0.3 is 5.97 Å². The Bertz CT molecular complexity index is 414. The Morgan fingerprint density at radius 2 is 1.94 bits per heavy atom. The number of para-hydroxylation sites is 1. The van der Waals surface area contributed by atoms with Gasteiger partial charge in [0, 0.05) is 18.4 Å². The fraction of sp³-hybridized carbons (Fsp3) is 0.533. The quantitative estimate of drug-likeness (QED) is 0.770. The number of carbonyl (C=O) groups excluding carboxylic acids is 1. The molecule has 2 unspecified atom stereocenters. The van der Waals surface area contributed by atoms with Gasteiger partial charge in [-0.15, -0.1) is 0 Å². The van der Waals surface area contributed by atoms with Gasteiger partial charge in [0.25, 0.3) is 0 Å². The van der Waals surface area contributed by atoms with Crippen LogP contribution in [0.2, 0.25) is 0 Å². The first kappa shape index (κ1) is 12.9. The molecule has 3 heteroatoms. The number of rotatable bonds is 3. The third kappa shape index (κ3) is 2.84. The predicted molar refractivity (Wildman–Crippen MR) is 69.8 cm³/mol. The van der Waals surface area contributed by atoms with Crippen LogP contribution in [0.15, 0.2) is 24.3 Å². The second-order valence-corrected chi connectivity index (χ2v) is 4.78. The Kier molecular flexibility index (Phi) is 4.24. The fourth-order valence-electron chi connectivity index (χ4n) is 2.78. The van der Waals surface area contributed by atoms with Crippen LogP contribution in [-0.2, 0) is 9.53 Å². The molecule has 0 amide bonds. The van der Waals surface area contributed by atoms with E-state index in [1.807, 2.05) is 18.2 Å². The summed E-state index contributed by atoms with van der Waals surface area (Å²) in [6.07, 6.45) is 4.30. The number of esters is 1. The van der Waals surface area contributed by atoms with Crippen molar-refractivity contribution in [2.45, 2.75) is 44.6 Å². The molecule has 1 fully saturated rings. The van der Waals surface area contributed by atoms with Crippen LogP contribution in [-0.4, -0.2) is 19.2 Å². The molecule has 2 rings (SSSR count). The van der Waals surface area contributed by atoms with Crippen molar-refractivity contribution in [3.05, 3.63) is 29.8 Å². The summed E-state index contributed by atoms with van der Waals surface area (Å²) in [5.41, 5.74) is 1.16. The summed E-state index contributed by atoms with van der Waals surface area (Å²) >= 11 is 0. The van der Waals surface area contributed by atoms with Crippen LogP contribution < -0.4 is 4.74 Å². The first-order chi connectivity index (χ1) is 8.72. The lowest BCUT2D eigenvalue weighted by Crippen LogP contribution is -2.28. The van der Waals surface area contributed by atoms with Crippen molar-refractivity contribution < 1.29 is 14.3 Å². The van der Waals surface area contributed by atoms with Gasteiger partial charge in [-0.3, -0.25) is 4.79 Å². The summed E-state index contributed by atoms with van der Waals surface area (Å²) in [6.45, 7) is 1.48. The second kappa shape index (κ2) is 5.89. The van der Waals surface area contributed by atoms with E-state index >= 15 is 0 Å². The Morgan fingerprint density at radius 1 is 1.22 bits per heavy atom. The molecule has 1 saturated carbocycles. The van der Waals surface area contributed by atoms with Crippen LogP contribution in [0.25, 0.3) is 0 Å². The number of benzene rings is 1. The van der Waals surface area contributed by atoms with E-state index in [4.69, 9.17) is 9.47 Å².